The van der Waals surface area contributed by atoms with E-state index in [1.807, 2.05) is 64.2 Å². The molecule has 1 saturated heterocycles. The lowest BCUT2D eigenvalue weighted by Crippen LogP contribution is -2.32. The van der Waals surface area contributed by atoms with Crippen LogP contribution in [-0.4, -0.2) is 46.6 Å². The Labute approximate surface area is 158 Å². The first-order chi connectivity index (χ1) is 13.2. The van der Waals surface area contributed by atoms with Crippen molar-refractivity contribution >= 4 is 5.91 Å². The second-order valence-corrected chi connectivity index (χ2v) is 6.77. The van der Waals surface area contributed by atoms with Crippen molar-refractivity contribution in [3.63, 3.8) is 0 Å². The van der Waals surface area contributed by atoms with Crippen LogP contribution in [0.4, 0.5) is 0 Å². The molecule has 2 aromatic carbocycles. The number of ether oxygens (including phenoxy) is 1. The predicted molar refractivity (Wildman–Crippen MR) is 103 cm³/mol. The minimum Gasteiger partial charge on any atom is -0.497 e. The van der Waals surface area contributed by atoms with Crippen LogP contribution < -0.4 is 10.5 Å². The largest absolute Gasteiger partial charge is 0.497 e. The highest BCUT2D eigenvalue weighted by atomic mass is 16.5. The molecule has 138 valence electrons. The van der Waals surface area contributed by atoms with E-state index in [1.54, 1.807) is 19.6 Å². The van der Waals surface area contributed by atoms with E-state index in [4.69, 9.17) is 10.5 Å². The van der Waals surface area contributed by atoms with E-state index < -0.39 is 0 Å². The van der Waals surface area contributed by atoms with Crippen molar-refractivity contribution in [3.05, 3.63) is 78.4 Å². The third-order valence-electron chi connectivity index (χ3n) is 5.09. The first-order valence-corrected chi connectivity index (χ1v) is 8.93. The fourth-order valence-electron chi connectivity index (χ4n) is 3.59. The maximum atomic E-state index is 12.9. The van der Waals surface area contributed by atoms with Crippen molar-refractivity contribution in [2.75, 3.05) is 20.2 Å². The summed E-state index contributed by atoms with van der Waals surface area (Å²) in [4.78, 5) is 18.8. The number of imidazole rings is 1. The first-order valence-electron chi connectivity index (χ1n) is 8.93. The summed E-state index contributed by atoms with van der Waals surface area (Å²) < 4.78 is 7.21. The molecule has 6 nitrogen and oxygen atoms in total. The van der Waals surface area contributed by atoms with Crippen LogP contribution in [-0.2, 0) is 0 Å². The molecule has 0 radical (unpaired) electrons. The summed E-state index contributed by atoms with van der Waals surface area (Å²) >= 11 is 0. The van der Waals surface area contributed by atoms with Gasteiger partial charge in [0, 0.05) is 48.7 Å². The number of benzene rings is 2. The lowest BCUT2D eigenvalue weighted by atomic mass is 9.95. The van der Waals surface area contributed by atoms with Crippen LogP contribution in [0.3, 0.4) is 0 Å². The molecule has 2 N–H and O–H groups in total. The summed E-state index contributed by atoms with van der Waals surface area (Å²) in [5, 5.41) is 0. The van der Waals surface area contributed by atoms with Gasteiger partial charge in [0.25, 0.3) is 5.91 Å². The summed E-state index contributed by atoms with van der Waals surface area (Å²) in [7, 11) is 1.65. The molecule has 6 heteroatoms. The number of hydrogen-bond acceptors (Lipinski definition) is 4. The highest BCUT2D eigenvalue weighted by Gasteiger charge is 2.34. The van der Waals surface area contributed by atoms with Crippen LogP contribution in [0.15, 0.2) is 67.3 Å². The van der Waals surface area contributed by atoms with Gasteiger partial charge in [-0.3, -0.25) is 4.79 Å². The average Bonchev–Trinajstić information content (AvgIpc) is 3.37. The fraction of sp³-hybridized carbons (Fsp3) is 0.238. The van der Waals surface area contributed by atoms with Gasteiger partial charge in [0.1, 0.15) is 5.75 Å². The highest BCUT2D eigenvalue weighted by molar-refractivity contribution is 5.94. The second-order valence-electron chi connectivity index (χ2n) is 6.77. The van der Waals surface area contributed by atoms with Gasteiger partial charge in [-0.25, -0.2) is 4.98 Å². The van der Waals surface area contributed by atoms with E-state index in [-0.39, 0.29) is 17.9 Å². The van der Waals surface area contributed by atoms with Crippen LogP contribution in [0.5, 0.6) is 5.75 Å². The molecule has 1 aliphatic rings. The molecule has 1 amide bonds. The molecule has 1 fully saturated rings. The zero-order valence-electron chi connectivity index (χ0n) is 15.2. The molecule has 1 aliphatic heterocycles. The summed E-state index contributed by atoms with van der Waals surface area (Å²) in [5.41, 5.74) is 9.09. The van der Waals surface area contributed by atoms with Crippen LogP contribution in [0, 0.1) is 0 Å². The van der Waals surface area contributed by atoms with E-state index >= 15 is 0 Å². The quantitative estimate of drug-likeness (QED) is 0.774. The van der Waals surface area contributed by atoms with Crippen molar-refractivity contribution in [1.82, 2.24) is 14.5 Å². The molecule has 2 heterocycles. The molecule has 3 aromatic rings. The number of methoxy groups -OCH3 is 1. The van der Waals surface area contributed by atoms with E-state index in [1.165, 1.54) is 0 Å². The minimum absolute atomic E-state index is 0.00743. The highest BCUT2D eigenvalue weighted by Crippen LogP contribution is 2.29. The molecule has 4 rings (SSSR count). The molecular formula is C21H22N4O2. The van der Waals surface area contributed by atoms with Gasteiger partial charge in [-0.15, -0.1) is 0 Å². The Morgan fingerprint density at radius 1 is 1.19 bits per heavy atom. The minimum atomic E-state index is -0.0914. The third kappa shape index (κ3) is 3.44. The number of nitrogens with zero attached hydrogens (tertiary/aromatic N) is 3. The first kappa shape index (κ1) is 17.3. The van der Waals surface area contributed by atoms with Crippen LogP contribution in [0.2, 0.25) is 0 Å². The summed E-state index contributed by atoms with van der Waals surface area (Å²) in [6, 6.07) is 15.4. The molecule has 0 aliphatic carbocycles. The molecule has 0 unspecified atom stereocenters. The van der Waals surface area contributed by atoms with Gasteiger partial charge < -0.3 is 19.9 Å². The SMILES string of the molecule is COc1cccc([C@@H]2CN(C(=O)c3ccc(-n4ccnc4)cc3)C[C@H]2N)c1. The van der Waals surface area contributed by atoms with Crippen molar-refractivity contribution in [3.8, 4) is 11.4 Å². The smallest absolute Gasteiger partial charge is 0.253 e. The molecule has 1 aromatic heterocycles. The summed E-state index contributed by atoms with van der Waals surface area (Å²) in [5.74, 6) is 0.918. The second kappa shape index (κ2) is 7.25. The molecule has 2 atom stereocenters. The zero-order chi connectivity index (χ0) is 18.8. The number of carbonyl (C=O) groups is 1. The van der Waals surface area contributed by atoms with Crippen LogP contribution >= 0.6 is 0 Å². The molecular weight excluding hydrogens is 340 g/mol. The van der Waals surface area contributed by atoms with Gasteiger partial charge in [-0.05, 0) is 42.0 Å². The Bertz CT molecular complexity index is 922. The van der Waals surface area contributed by atoms with Gasteiger partial charge in [-0.1, -0.05) is 12.1 Å². The van der Waals surface area contributed by atoms with Gasteiger partial charge in [-0.2, -0.15) is 0 Å². The Hall–Kier alpha value is -3.12. The number of rotatable bonds is 4. The molecule has 0 saturated carbocycles. The molecule has 0 bridgehead atoms. The Kier molecular flexibility index (Phi) is 4.64. The number of amides is 1. The van der Waals surface area contributed by atoms with Crippen molar-refractivity contribution in [2.24, 2.45) is 5.73 Å². The number of nitrogens with two attached hydrogens (primary N) is 1. The van der Waals surface area contributed by atoms with Crippen LogP contribution in [0.1, 0.15) is 21.8 Å². The van der Waals surface area contributed by atoms with E-state index in [0.717, 1.165) is 17.0 Å². The van der Waals surface area contributed by atoms with Gasteiger partial charge in [0.05, 0.1) is 13.4 Å². The van der Waals surface area contributed by atoms with E-state index in [9.17, 15) is 4.79 Å². The number of hydrogen-bond donors (Lipinski definition) is 1. The maximum Gasteiger partial charge on any atom is 0.253 e. The summed E-state index contributed by atoms with van der Waals surface area (Å²) in [6.45, 7) is 1.15. The van der Waals surface area contributed by atoms with Gasteiger partial charge in [0.15, 0.2) is 0 Å². The molecule has 27 heavy (non-hydrogen) atoms. The Morgan fingerprint density at radius 2 is 2.00 bits per heavy atom. The van der Waals surface area contributed by atoms with E-state index in [0.29, 0.717) is 18.7 Å². The normalized spacial score (nSPS) is 19.3. The monoisotopic (exact) mass is 362 g/mol. The lowest BCUT2D eigenvalue weighted by molar-refractivity contribution is 0.0789. The Balaban J connectivity index is 1.49. The van der Waals surface area contributed by atoms with Crippen molar-refractivity contribution in [1.29, 1.82) is 0 Å². The number of aromatic nitrogens is 2. The van der Waals surface area contributed by atoms with Gasteiger partial charge in [0.2, 0.25) is 0 Å². The summed E-state index contributed by atoms with van der Waals surface area (Å²) in [6.07, 6.45) is 5.33. The Morgan fingerprint density at radius 3 is 2.70 bits per heavy atom. The standard InChI is InChI=1S/C21H22N4O2/c1-27-18-4-2-3-16(11-18)19-12-25(13-20(19)22)21(26)15-5-7-17(8-6-15)24-10-9-23-14-24/h2-11,14,19-20H,12-13,22H2,1H3/t19-,20+/m0/s1. The van der Waals surface area contributed by atoms with E-state index in [2.05, 4.69) is 4.98 Å². The number of carbonyl (C=O) groups excluding carboxylic acids is 1. The van der Waals surface area contributed by atoms with Crippen LogP contribution in [0.25, 0.3) is 5.69 Å². The number of likely N-dealkylation sites (tertiary alicyclic amines) is 1. The van der Waals surface area contributed by atoms with Crippen molar-refractivity contribution in [2.45, 2.75) is 12.0 Å². The third-order valence-corrected chi connectivity index (χ3v) is 5.09. The van der Waals surface area contributed by atoms with Crippen molar-refractivity contribution < 1.29 is 9.53 Å². The topological polar surface area (TPSA) is 73.4 Å². The average molecular weight is 362 g/mol. The fourth-order valence-corrected chi connectivity index (χ4v) is 3.59. The zero-order valence-corrected chi connectivity index (χ0v) is 15.2. The lowest BCUT2D eigenvalue weighted by Gasteiger charge is -2.17. The molecule has 0 spiro atoms. The van der Waals surface area contributed by atoms with Gasteiger partial charge >= 0.3 is 0 Å². The predicted octanol–water partition coefficient (Wildman–Crippen LogP) is 2.45. The maximum absolute atomic E-state index is 12.9.